The molecule has 0 heterocycles. The average molecular weight is 215 g/mol. The lowest BCUT2D eigenvalue weighted by molar-refractivity contribution is -0.140. The molecule has 3 heteroatoms. The third-order valence-electron chi connectivity index (χ3n) is 2.44. The molecule has 0 radical (unpaired) electrons. The van der Waals surface area contributed by atoms with Crippen LogP contribution in [0, 0.1) is 17.3 Å². The molecule has 1 unspecified atom stereocenters. The normalized spacial score (nSPS) is 14.3. The summed E-state index contributed by atoms with van der Waals surface area (Å²) in [6, 6.07) is 0. The highest BCUT2D eigenvalue weighted by molar-refractivity contribution is 5.69. The van der Waals surface area contributed by atoms with Gasteiger partial charge in [-0.25, -0.2) is 0 Å². The van der Waals surface area contributed by atoms with Crippen LogP contribution in [-0.2, 0) is 4.79 Å². The van der Waals surface area contributed by atoms with E-state index in [4.69, 9.17) is 5.11 Å². The highest BCUT2D eigenvalue weighted by Crippen LogP contribution is 2.23. The first-order valence-electron chi connectivity index (χ1n) is 5.68. The van der Waals surface area contributed by atoms with Gasteiger partial charge in [0.25, 0.3) is 0 Å². The van der Waals surface area contributed by atoms with Crippen LogP contribution < -0.4 is 5.32 Å². The fourth-order valence-electron chi connectivity index (χ4n) is 1.89. The van der Waals surface area contributed by atoms with Crippen LogP contribution in [-0.4, -0.2) is 24.2 Å². The van der Waals surface area contributed by atoms with Crippen molar-refractivity contribution in [1.29, 1.82) is 0 Å². The third-order valence-corrected chi connectivity index (χ3v) is 2.44. The van der Waals surface area contributed by atoms with Gasteiger partial charge in [-0.1, -0.05) is 34.6 Å². The molecule has 0 saturated heterocycles. The molecule has 0 aromatic rings. The maximum absolute atomic E-state index is 10.6. The highest BCUT2D eigenvalue weighted by Gasteiger charge is 2.19. The Labute approximate surface area is 93.3 Å². The van der Waals surface area contributed by atoms with E-state index in [1.807, 2.05) is 0 Å². The molecule has 15 heavy (non-hydrogen) atoms. The zero-order valence-corrected chi connectivity index (χ0v) is 10.6. The van der Waals surface area contributed by atoms with Crippen LogP contribution in [0.25, 0.3) is 0 Å². The first kappa shape index (κ1) is 14.4. The second-order valence-corrected chi connectivity index (χ2v) is 5.63. The van der Waals surface area contributed by atoms with Crippen molar-refractivity contribution in [2.24, 2.45) is 17.3 Å². The minimum Gasteiger partial charge on any atom is -0.481 e. The second kappa shape index (κ2) is 6.11. The summed E-state index contributed by atoms with van der Waals surface area (Å²) in [5.41, 5.74) is 0.242. The van der Waals surface area contributed by atoms with Crippen molar-refractivity contribution in [3.63, 3.8) is 0 Å². The van der Waals surface area contributed by atoms with Crippen molar-refractivity contribution in [1.82, 2.24) is 5.32 Å². The van der Waals surface area contributed by atoms with Crippen LogP contribution in [0.1, 0.15) is 41.0 Å². The van der Waals surface area contributed by atoms with Crippen LogP contribution in [0.2, 0.25) is 0 Å². The van der Waals surface area contributed by atoms with Gasteiger partial charge in [0, 0.05) is 13.1 Å². The number of hydrogen-bond donors (Lipinski definition) is 2. The molecular weight excluding hydrogens is 190 g/mol. The Morgan fingerprint density at radius 1 is 1.33 bits per heavy atom. The summed E-state index contributed by atoms with van der Waals surface area (Å²) in [4.78, 5) is 10.6. The number of carbonyl (C=O) groups is 1. The van der Waals surface area contributed by atoms with Crippen molar-refractivity contribution in [3.05, 3.63) is 0 Å². The van der Waals surface area contributed by atoms with E-state index in [1.165, 1.54) is 0 Å². The zero-order valence-electron chi connectivity index (χ0n) is 10.6. The van der Waals surface area contributed by atoms with E-state index in [2.05, 4.69) is 33.0 Å². The van der Waals surface area contributed by atoms with Gasteiger partial charge in [0.2, 0.25) is 0 Å². The largest absolute Gasteiger partial charge is 0.481 e. The Balaban J connectivity index is 3.79. The first-order valence-corrected chi connectivity index (χ1v) is 5.68. The average Bonchev–Trinajstić information content (AvgIpc) is 2.00. The van der Waals surface area contributed by atoms with E-state index in [0.717, 1.165) is 13.0 Å². The molecule has 0 amide bonds. The molecule has 0 spiro atoms. The number of carboxylic acids is 1. The van der Waals surface area contributed by atoms with E-state index >= 15 is 0 Å². The molecule has 1 atom stereocenters. The number of carboxylic acid groups (broad SMARTS) is 1. The monoisotopic (exact) mass is 215 g/mol. The zero-order chi connectivity index (χ0) is 12.1. The standard InChI is InChI=1S/C12H25NO2/c1-9(2)6-12(4,5)8-13-7-10(3)11(14)15/h9-10,13H,6-8H2,1-5H3,(H,14,15). The smallest absolute Gasteiger partial charge is 0.307 e. The van der Waals surface area contributed by atoms with Crippen LogP contribution in [0.3, 0.4) is 0 Å². The molecule has 0 aliphatic rings. The van der Waals surface area contributed by atoms with Crippen molar-refractivity contribution < 1.29 is 9.90 Å². The molecular formula is C12H25NO2. The van der Waals surface area contributed by atoms with Crippen LogP contribution in [0.4, 0.5) is 0 Å². The van der Waals surface area contributed by atoms with Gasteiger partial charge in [-0.05, 0) is 17.8 Å². The SMILES string of the molecule is CC(C)CC(C)(C)CNCC(C)C(=O)O. The summed E-state index contributed by atoms with van der Waals surface area (Å²) in [6.45, 7) is 12.0. The van der Waals surface area contributed by atoms with Crippen LogP contribution >= 0.6 is 0 Å². The molecule has 0 aromatic carbocycles. The molecule has 90 valence electrons. The summed E-state index contributed by atoms with van der Waals surface area (Å²) in [7, 11) is 0. The van der Waals surface area contributed by atoms with Gasteiger partial charge in [-0.2, -0.15) is 0 Å². The summed E-state index contributed by atoms with van der Waals surface area (Å²) in [6.07, 6.45) is 1.15. The minimum atomic E-state index is -0.732. The Morgan fingerprint density at radius 2 is 1.87 bits per heavy atom. The lowest BCUT2D eigenvalue weighted by atomic mass is 9.84. The molecule has 0 bridgehead atoms. The lowest BCUT2D eigenvalue weighted by Crippen LogP contribution is -2.34. The molecule has 0 fully saturated rings. The van der Waals surface area contributed by atoms with Crippen molar-refractivity contribution in [3.8, 4) is 0 Å². The summed E-state index contributed by atoms with van der Waals surface area (Å²) < 4.78 is 0. The van der Waals surface area contributed by atoms with E-state index in [1.54, 1.807) is 6.92 Å². The molecule has 3 nitrogen and oxygen atoms in total. The van der Waals surface area contributed by atoms with Crippen LogP contribution in [0.5, 0.6) is 0 Å². The predicted octanol–water partition coefficient (Wildman–Crippen LogP) is 2.37. The predicted molar refractivity (Wildman–Crippen MR) is 62.9 cm³/mol. The maximum Gasteiger partial charge on any atom is 0.307 e. The molecule has 0 saturated carbocycles. The van der Waals surface area contributed by atoms with Gasteiger partial charge < -0.3 is 10.4 Å². The fraction of sp³-hybridized carbons (Fsp3) is 0.917. The Kier molecular flexibility index (Phi) is 5.88. The van der Waals surface area contributed by atoms with Crippen LogP contribution in [0.15, 0.2) is 0 Å². The van der Waals surface area contributed by atoms with Crippen molar-refractivity contribution in [2.45, 2.75) is 41.0 Å². The number of nitrogens with one attached hydrogen (secondary N) is 1. The second-order valence-electron chi connectivity index (χ2n) is 5.63. The highest BCUT2D eigenvalue weighted by atomic mass is 16.4. The molecule has 0 aromatic heterocycles. The fourth-order valence-corrected chi connectivity index (χ4v) is 1.89. The van der Waals surface area contributed by atoms with Crippen molar-refractivity contribution in [2.75, 3.05) is 13.1 Å². The Morgan fingerprint density at radius 3 is 2.27 bits per heavy atom. The van der Waals surface area contributed by atoms with Gasteiger partial charge in [-0.15, -0.1) is 0 Å². The van der Waals surface area contributed by atoms with Crippen molar-refractivity contribution >= 4 is 5.97 Å². The first-order chi connectivity index (χ1) is 6.74. The minimum absolute atomic E-state index is 0.242. The lowest BCUT2D eigenvalue weighted by Gasteiger charge is -2.27. The third kappa shape index (κ3) is 7.37. The number of rotatable bonds is 7. The Hall–Kier alpha value is -0.570. The summed E-state index contributed by atoms with van der Waals surface area (Å²) in [5, 5.41) is 11.9. The Bertz CT molecular complexity index is 200. The van der Waals surface area contributed by atoms with Gasteiger partial charge in [0.15, 0.2) is 0 Å². The van der Waals surface area contributed by atoms with E-state index in [-0.39, 0.29) is 11.3 Å². The van der Waals surface area contributed by atoms with Gasteiger partial charge in [0.05, 0.1) is 5.92 Å². The van der Waals surface area contributed by atoms with E-state index in [9.17, 15) is 4.79 Å². The summed E-state index contributed by atoms with van der Waals surface area (Å²) >= 11 is 0. The number of hydrogen-bond acceptors (Lipinski definition) is 2. The summed E-state index contributed by atoms with van der Waals surface area (Å²) in [5.74, 6) is -0.359. The molecule has 0 aliphatic carbocycles. The number of aliphatic carboxylic acids is 1. The molecule has 2 N–H and O–H groups in total. The topological polar surface area (TPSA) is 49.3 Å². The van der Waals surface area contributed by atoms with E-state index < -0.39 is 5.97 Å². The van der Waals surface area contributed by atoms with Gasteiger partial charge >= 0.3 is 5.97 Å². The maximum atomic E-state index is 10.6. The van der Waals surface area contributed by atoms with Gasteiger partial charge in [-0.3, -0.25) is 4.79 Å². The molecule has 0 rings (SSSR count). The molecule has 0 aliphatic heterocycles. The van der Waals surface area contributed by atoms with Gasteiger partial charge in [0.1, 0.15) is 0 Å². The van der Waals surface area contributed by atoms with E-state index in [0.29, 0.717) is 12.5 Å². The quantitative estimate of drug-likeness (QED) is 0.685.